The third-order valence-electron chi connectivity index (χ3n) is 3.78. The predicted molar refractivity (Wildman–Crippen MR) is 67.6 cm³/mol. The minimum atomic E-state index is -0.192. The number of carbonyl (C=O) groups excluding carboxylic acids is 1. The van der Waals surface area contributed by atoms with E-state index in [1.807, 2.05) is 0 Å². The molecule has 1 aromatic heterocycles. The van der Waals surface area contributed by atoms with Crippen LogP contribution in [0, 0.1) is 0 Å². The molecular formula is C11H16N4O2S. The maximum absolute atomic E-state index is 11.9. The summed E-state index contributed by atoms with van der Waals surface area (Å²) in [5, 5.41) is 10.1. The molecule has 1 aliphatic heterocycles. The van der Waals surface area contributed by atoms with Gasteiger partial charge < -0.3 is 10.1 Å². The lowest BCUT2D eigenvalue weighted by Gasteiger charge is -2.30. The van der Waals surface area contributed by atoms with Gasteiger partial charge in [-0.15, -0.1) is 5.10 Å². The fraction of sp³-hybridized carbons (Fsp3) is 0.727. The average Bonchev–Trinajstić information content (AvgIpc) is 3.05. The Bertz CT molecular complexity index is 411. The smallest absolute Gasteiger partial charge is 0.320 e. The molecule has 3 rings (SSSR count). The average molecular weight is 268 g/mol. The number of nitrogens with one attached hydrogen (secondary N) is 2. The first-order valence-electron chi connectivity index (χ1n) is 6.27. The van der Waals surface area contributed by atoms with Gasteiger partial charge in [0.05, 0.1) is 17.8 Å². The fourth-order valence-corrected chi connectivity index (χ4v) is 3.36. The SMILES string of the molecule is O=C(Nc1cnns1)NC1CCOC12CCCC2. The van der Waals surface area contributed by atoms with E-state index in [-0.39, 0.29) is 17.7 Å². The summed E-state index contributed by atoms with van der Waals surface area (Å²) in [5.74, 6) is 0. The Balaban J connectivity index is 1.60. The quantitative estimate of drug-likeness (QED) is 0.857. The van der Waals surface area contributed by atoms with Gasteiger partial charge in [0, 0.05) is 18.1 Å². The fourth-order valence-electron chi connectivity index (χ4n) is 2.94. The Labute approximate surface area is 109 Å². The highest BCUT2D eigenvalue weighted by Crippen LogP contribution is 2.41. The molecule has 1 aromatic rings. The van der Waals surface area contributed by atoms with Crippen LogP contribution in [-0.2, 0) is 4.74 Å². The second-order valence-corrected chi connectivity index (χ2v) is 5.63. The van der Waals surface area contributed by atoms with Crippen molar-refractivity contribution in [2.24, 2.45) is 0 Å². The van der Waals surface area contributed by atoms with Crippen molar-refractivity contribution in [3.63, 3.8) is 0 Å². The number of anilines is 1. The van der Waals surface area contributed by atoms with Crippen molar-refractivity contribution in [1.82, 2.24) is 14.9 Å². The van der Waals surface area contributed by atoms with Crippen LogP contribution in [0.4, 0.5) is 9.80 Å². The third kappa shape index (κ3) is 2.20. The van der Waals surface area contributed by atoms with Crippen molar-refractivity contribution in [3.8, 4) is 0 Å². The first kappa shape index (κ1) is 11.9. The summed E-state index contributed by atoms with van der Waals surface area (Å²) in [6.45, 7) is 0.743. The topological polar surface area (TPSA) is 76.1 Å². The first-order chi connectivity index (χ1) is 8.78. The summed E-state index contributed by atoms with van der Waals surface area (Å²) in [4.78, 5) is 11.9. The molecular weight excluding hydrogens is 252 g/mol. The zero-order chi connectivity index (χ0) is 12.4. The van der Waals surface area contributed by atoms with Crippen molar-refractivity contribution in [2.45, 2.75) is 43.7 Å². The predicted octanol–water partition coefficient (Wildman–Crippen LogP) is 1.76. The highest BCUT2D eigenvalue weighted by atomic mass is 32.1. The molecule has 0 bridgehead atoms. The maximum atomic E-state index is 11.9. The summed E-state index contributed by atoms with van der Waals surface area (Å²) in [6.07, 6.45) is 6.94. The number of hydrogen-bond acceptors (Lipinski definition) is 5. The number of rotatable bonds is 2. The minimum absolute atomic E-state index is 0.108. The minimum Gasteiger partial charge on any atom is -0.373 e. The van der Waals surface area contributed by atoms with Gasteiger partial charge in [0.25, 0.3) is 0 Å². The van der Waals surface area contributed by atoms with Gasteiger partial charge in [0.15, 0.2) is 0 Å². The summed E-state index contributed by atoms with van der Waals surface area (Å²) >= 11 is 1.17. The van der Waals surface area contributed by atoms with Crippen molar-refractivity contribution in [1.29, 1.82) is 0 Å². The van der Waals surface area contributed by atoms with Gasteiger partial charge in [-0.3, -0.25) is 5.32 Å². The molecule has 18 heavy (non-hydrogen) atoms. The lowest BCUT2D eigenvalue weighted by Crippen LogP contribution is -2.49. The van der Waals surface area contributed by atoms with E-state index in [1.165, 1.54) is 24.4 Å². The highest BCUT2D eigenvalue weighted by molar-refractivity contribution is 7.10. The normalized spacial score (nSPS) is 25.4. The molecule has 1 aliphatic carbocycles. The van der Waals surface area contributed by atoms with Crippen molar-refractivity contribution in [3.05, 3.63) is 6.20 Å². The maximum Gasteiger partial charge on any atom is 0.320 e. The van der Waals surface area contributed by atoms with Crippen LogP contribution >= 0.6 is 11.5 Å². The van der Waals surface area contributed by atoms with E-state index < -0.39 is 0 Å². The van der Waals surface area contributed by atoms with E-state index >= 15 is 0 Å². The Morgan fingerprint density at radius 1 is 1.50 bits per heavy atom. The van der Waals surface area contributed by atoms with Gasteiger partial charge in [-0.1, -0.05) is 17.3 Å². The molecule has 0 radical (unpaired) electrons. The molecule has 1 spiro atoms. The van der Waals surface area contributed by atoms with Crippen LogP contribution in [0.5, 0.6) is 0 Å². The molecule has 0 aromatic carbocycles. The number of amides is 2. The van der Waals surface area contributed by atoms with Gasteiger partial charge in [0.1, 0.15) is 5.00 Å². The van der Waals surface area contributed by atoms with Crippen LogP contribution in [0.25, 0.3) is 0 Å². The molecule has 2 N–H and O–H groups in total. The summed E-state index contributed by atoms with van der Waals surface area (Å²) in [7, 11) is 0. The molecule has 2 fully saturated rings. The lowest BCUT2D eigenvalue weighted by atomic mass is 9.93. The van der Waals surface area contributed by atoms with E-state index in [1.54, 1.807) is 6.20 Å². The molecule has 7 heteroatoms. The van der Waals surface area contributed by atoms with Crippen molar-refractivity contribution >= 4 is 22.6 Å². The first-order valence-corrected chi connectivity index (χ1v) is 7.05. The monoisotopic (exact) mass is 268 g/mol. The molecule has 2 heterocycles. The third-order valence-corrected chi connectivity index (χ3v) is 4.36. The van der Waals surface area contributed by atoms with E-state index in [0.29, 0.717) is 5.00 Å². The van der Waals surface area contributed by atoms with Gasteiger partial charge >= 0.3 is 6.03 Å². The number of urea groups is 1. The number of carbonyl (C=O) groups is 1. The van der Waals surface area contributed by atoms with E-state index in [0.717, 1.165) is 25.9 Å². The zero-order valence-corrected chi connectivity index (χ0v) is 10.8. The number of aromatic nitrogens is 2. The van der Waals surface area contributed by atoms with Crippen LogP contribution in [-0.4, -0.2) is 33.9 Å². The lowest BCUT2D eigenvalue weighted by molar-refractivity contribution is -0.00230. The largest absolute Gasteiger partial charge is 0.373 e. The molecule has 1 unspecified atom stereocenters. The second kappa shape index (κ2) is 4.81. The number of hydrogen-bond donors (Lipinski definition) is 2. The van der Waals surface area contributed by atoms with Crippen molar-refractivity contribution < 1.29 is 9.53 Å². The molecule has 1 saturated heterocycles. The molecule has 98 valence electrons. The van der Waals surface area contributed by atoms with Crippen LogP contribution in [0.1, 0.15) is 32.1 Å². The Morgan fingerprint density at radius 3 is 3.06 bits per heavy atom. The van der Waals surface area contributed by atoms with Crippen LogP contribution in [0.2, 0.25) is 0 Å². The summed E-state index contributed by atoms with van der Waals surface area (Å²) in [6, 6.07) is -0.0660. The van der Waals surface area contributed by atoms with Crippen LogP contribution in [0.15, 0.2) is 6.20 Å². The second-order valence-electron chi connectivity index (χ2n) is 4.84. The Hall–Kier alpha value is -1.21. The summed E-state index contributed by atoms with van der Waals surface area (Å²) < 4.78 is 9.59. The molecule has 1 saturated carbocycles. The van der Waals surface area contributed by atoms with E-state index in [4.69, 9.17) is 4.74 Å². The Morgan fingerprint density at radius 2 is 2.33 bits per heavy atom. The van der Waals surface area contributed by atoms with Gasteiger partial charge in [-0.25, -0.2) is 4.79 Å². The van der Waals surface area contributed by atoms with Crippen LogP contribution in [0.3, 0.4) is 0 Å². The molecule has 6 nitrogen and oxygen atoms in total. The van der Waals surface area contributed by atoms with E-state index in [9.17, 15) is 4.79 Å². The zero-order valence-electron chi connectivity index (χ0n) is 10.0. The van der Waals surface area contributed by atoms with E-state index in [2.05, 4.69) is 20.2 Å². The Kier molecular flexibility index (Phi) is 3.17. The van der Waals surface area contributed by atoms with Gasteiger partial charge in [-0.05, 0) is 19.3 Å². The molecule has 1 atom stereocenters. The van der Waals surface area contributed by atoms with Gasteiger partial charge in [-0.2, -0.15) is 0 Å². The highest BCUT2D eigenvalue weighted by Gasteiger charge is 2.46. The van der Waals surface area contributed by atoms with Gasteiger partial charge in [0.2, 0.25) is 0 Å². The molecule has 2 aliphatic rings. The number of nitrogens with zero attached hydrogens (tertiary/aromatic N) is 2. The van der Waals surface area contributed by atoms with Crippen molar-refractivity contribution in [2.75, 3.05) is 11.9 Å². The number of ether oxygens (including phenoxy) is 1. The molecule has 2 amide bonds. The summed E-state index contributed by atoms with van der Waals surface area (Å²) in [5.41, 5.74) is -0.108. The standard InChI is InChI=1S/C11H16N4O2S/c16-10(14-9-7-12-15-18-9)13-8-3-6-17-11(8)4-1-2-5-11/h7-8H,1-6H2,(H2,13,14,16). The van der Waals surface area contributed by atoms with Crippen LogP contribution < -0.4 is 10.6 Å².